The van der Waals surface area contributed by atoms with Crippen LogP contribution in [0, 0.1) is 22.2 Å². The van der Waals surface area contributed by atoms with Crippen molar-refractivity contribution in [1.29, 1.82) is 0 Å². The van der Waals surface area contributed by atoms with E-state index in [0.717, 1.165) is 25.5 Å². The number of rotatable bonds is 1. The van der Waals surface area contributed by atoms with Crippen molar-refractivity contribution < 1.29 is 19.4 Å². The molecule has 0 unspecified atom stereocenters. The van der Waals surface area contributed by atoms with Crippen LogP contribution in [0.2, 0.25) is 0 Å². The maximum Gasteiger partial charge on any atom is 0.312 e. The predicted molar refractivity (Wildman–Crippen MR) is 77.5 cm³/mol. The van der Waals surface area contributed by atoms with Gasteiger partial charge in [0, 0.05) is 5.41 Å². The SMILES string of the molecule is C[C@H]1OC(=O)[C@]2(C)C[C@]3(C)CCCC[C@@]3(O)[C@H](C=O)[C@]12C. The summed E-state index contributed by atoms with van der Waals surface area (Å²) in [5.41, 5.74) is -2.76. The summed E-state index contributed by atoms with van der Waals surface area (Å²) in [7, 11) is 0. The fourth-order valence-corrected chi connectivity index (χ4v) is 5.67. The van der Waals surface area contributed by atoms with Gasteiger partial charge in [0.15, 0.2) is 0 Å². The van der Waals surface area contributed by atoms with E-state index in [2.05, 4.69) is 0 Å². The highest BCUT2D eigenvalue weighted by Crippen LogP contribution is 2.70. The highest BCUT2D eigenvalue weighted by Gasteiger charge is 2.75. The zero-order chi connectivity index (χ0) is 15.7. The molecule has 2 saturated carbocycles. The van der Waals surface area contributed by atoms with Crippen LogP contribution >= 0.6 is 0 Å². The number of aldehydes is 1. The minimum Gasteiger partial charge on any atom is -0.462 e. The Morgan fingerprint density at radius 3 is 2.48 bits per heavy atom. The molecule has 0 amide bonds. The van der Waals surface area contributed by atoms with Gasteiger partial charge >= 0.3 is 5.97 Å². The Kier molecular flexibility index (Phi) is 2.93. The Morgan fingerprint density at radius 1 is 1.24 bits per heavy atom. The predicted octanol–water partition coefficient (Wildman–Crippen LogP) is 2.47. The molecule has 3 fully saturated rings. The van der Waals surface area contributed by atoms with Crippen molar-refractivity contribution in [1.82, 2.24) is 0 Å². The summed E-state index contributed by atoms with van der Waals surface area (Å²) in [5, 5.41) is 11.4. The van der Waals surface area contributed by atoms with Crippen molar-refractivity contribution in [3.8, 4) is 0 Å². The van der Waals surface area contributed by atoms with E-state index in [1.807, 2.05) is 27.7 Å². The van der Waals surface area contributed by atoms with Gasteiger partial charge in [-0.1, -0.05) is 26.7 Å². The van der Waals surface area contributed by atoms with Gasteiger partial charge in [-0.2, -0.15) is 0 Å². The molecule has 6 atom stereocenters. The number of carbonyl (C=O) groups excluding carboxylic acids is 2. The molecule has 1 heterocycles. The average molecular weight is 294 g/mol. The maximum atomic E-state index is 12.5. The molecule has 2 aliphatic carbocycles. The van der Waals surface area contributed by atoms with Crippen molar-refractivity contribution in [2.45, 2.75) is 71.5 Å². The lowest BCUT2D eigenvalue weighted by Gasteiger charge is -2.63. The van der Waals surface area contributed by atoms with Gasteiger partial charge in [-0.3, -0.25) is 4.79 Å². The van der Waals surface area contributed by atoms with Gasteiger partial charge in [0.05, 0.1) is 16.9 Å². The first kappa shape index (κ1) is 15.0. The normalized spacial score (nSPS) is 56.3. The fourth-order valence-electron chi connectivity index (χ4n) is 5.67. The Hall–Kier alpha value is -0.900. The van der Waals surface area contributed by atoms with E-state index in [-0.39, 0.29) is 12.1 Å². The second-order valence-electron chi connectivity index (χ2n) is 8.14. The summed E-state index contributed by atoms with van der Waals surface area (Å²) < 4.78 is 5.53. The third-order valence-electron chi connectivity index (χ3n) is 7.39. The van der Waals surface area contributed by atoms with Crippen LogP contribution in [0.4, 0.5) is 0 Å². The second kappa shape index (κ2) is 4.09. The van der Waals surface area contributed by atoms with E-state index < -0.39 is 27.8 Å². The number of ether oxygens (including phenoxy) is 1. The molecule has 0 radical (unpaired) electrons. The van der Waals surface area contributed by atoms with Crippen LogP contribution in [0.3, 0.4) is 0 Å². The highest BCUT2D eigenvalue weighted by atomic mass is 16.6. The van der Waals surface area contributed by atoms with Gasteiger partial charge in [0.1, 0.15) is 12.4 Å². The molecule has 3 rings (SSSR count). The van der Waals surface area contributed by atoms with E-state index >= 15 is 0 Å². The summed E-state index contributed by atoms with van der Waals surface area (Å²) >= 11 is 0. The highest BCUT2D eigenvalue weighted by molar-refractivity contribution is 5.82. The van der Waals surface area contributed by atoms with Crippen molar-refractivity contribution in [3.05, 3.63) is 0 Å². The molecule has 0 aromatic heterocycles. The molecule has 0 aromatic carbocycles. The lowest BCUT2D eigenvalue weighted by molar-refractivity contribution is -0.235. The van der Waals surface area contributed by atoms with Crippen molar-refractivity contribution >= 4 is 12.3 Å². The molecule has 0 bridgehead atoms. The van der Waals surface area contributed by atoms with Crippen LogP contribution in [-0.2, 0) is 14.3 Å². The molecule has 118 valence electrons. The monoisotopic (exact) mass is 294 g/mol. The topological polar surface area (TPSA) is 63.6 Å². The molecule has 3 aliphatic rings. The van der Waals surface area contributed by atoms with E-state index in [1.54, 1.807) is 0 Å². The van der Waals surface area contributed by atoms with E-state index in [1.165, 1.54) is 0 Å². The zero-order valence-corrected chi connectivity index (χ0v) is 13.4. The Morgan fingerprint density at radius 2 is 1.86 bits per heavy atom. The van der Waals surface area contributed by atoms with Crippen LogP contribution in [-0.4, -0.2) is 29.1 Å². The zero-order valence-electron chi connectivity index (χ0n) is 13.4. The summed E-state index contributed by atoms with van der Waals surface area (Å²) in [6.07, 6.45) is 4.62. The van der Waals surface area contributed by atoms with Gasteiger partial charge in [-0.15, -0.1) is 0 Å². The van der Waals surface area contributed by atoms with Crippen LogP contribution in [0.5, 0.6) is 0 Å². The number of carbonyl (C=O) groups is 2. The number of cyclic esters (lactones) is 1. The number of esters is 1. The van der Waals surface area contributed by atoms with Gasteiger partial charge in [-0.05, 0) is 38.5 Å². The molecule has 21 heavy (non-hydrogen) atoms. The minimum absolute atomic E-state index is 0.210. The fraction of sp³-hybridized carbons (Fsp3) is 0.882. The van der Waals surface area contributed by atoms with Crippen LogP contribution < -0.4 is 0 Å². The number of hydrogen-bond donors (Lipinski definition) is 1. The minimum atomic E-state index is -1.02. The van der Waals surface area contributed by atoms with Crippen molar-refractivity contribution in [2.75, 3.05) is 0 Å². The summed E-state index contributed by atoms with van der Waals surface area (Å²) in [4.78, 5) is 24.5. The van der Waals surface area contributed by atoms with Crippen LogP contribution in [0.15, 0.2) is 0 Å². The largest absolute Gasteiger partial charge is 0.462 e. The van der Waals surface area contributed by atoms with Gasteiger partial charge in [-0.25, -0.2) is 0 Å². The first-order valence-electron chi connectivity index (χ1n) is 8.04. The summed E-state index contributed by atoms with van der Waals surface area (Å²) in [6.45, 7) is 7.78. The lowest BCUT2D eigenvalue weighted by atomic mass is 9.39. The van der Waals surface area contributed by atoms with Crippen molar-refractivity contribution in [2.24, 2.45) is 22.2 Å². The molecule has 4 nitrogen and oxygen atoms in total. The molecule has 1 N–H and O–H groups in total. The number of hydrogen-bond acceptors (Lipinski definition) is 4. The molecule has 0 spiro atoms. The first-order chi connectivity index (χ1) is 9.66. The molecule has 1 aliphatic heterocycles. The van der Waals surface area contributed by atoms with Crippen LogP contribution in [0.25, 0.3) is 0 Å². The summed E-state index contributed by atoms with van der Waals surface area (Å²) in [5.74, 6) is -0.770. The van der Waals surface area contributed by atoms with Gasteiger partial charge in [0.25, 0.3) is 0 Å². The van der Waals surface area contributed by atoms with Gasteiger partial charge < -0.3 is 14.6 Å². The third-order valence-corrected chi connectivity index (χ3v) is 7.39. The number of aliphatic hydroxyl groups is 1. The molecular formula is C17H26O4. The van der Waals surface area contributed by atoms with E-state index in [0.29, 0.717) is 12.8 Å². The Balaban J connectivity index is 2.21. The molecule has 1 saturated heterocycles. The maximum absolute atomic E-state index is 12.5. The first-order valence-corrected chi connectivity index (χ1v) is 8.04. The quantitative estimate of drug-likeness (QED) is 0.596. The van der Waals surface area contributed by atoms with E-state index in [4.69, 9.17) is 4.74 Å². The Bertz CT molecular complexity index is 503. The van der Waals surface area contributed by atoms with Gasteiger partial charge in [0.2, 0.25) is 0 Å². The van der Waals surface area contributed by atoms with Crippen molar-refractivity contribution in [3.63, 3.8) is 0 Å². The lowest BCUT2D eigenvalue weighted by Crippen LogP contribution is -2.69. The molecule has 0 aromatic rings. The third kappa shape index (κ3) is 1.45. The average Bonchev–Trinajstić information content (AvgIpc) is 2.56. The number of fused-ring (bicyclic) bond motifs is 2. The van der Waals surface area contributed by atoms with E-state index in [9.17, 15) is 14.7 Å². The Labute approximate surface area is 126 Å². The van der Waals surface area contributed by atoms with Crippen LogP contribution in [0.1, 0.15) is 59.8 Å². The smallest absolute Gasteiger partial charge is 0.312 e. The molecular weight excluding hydrogens is 268 g/mol. The standard InChI is InChI=1S/C17H26O4/c1-11-16(4)12(9-18)17(20)8-6-5-7-14(17,2)10-15(16,3)13(19)21-11/h9,11-12,20H,5-8,10H2,1-4H3/t11-,12-,14+,15+,16+,17-/m1/s1. The molecule has 4 heteroatoms. The summed E-state index contributed by atoms with van der Waals surface area (Å²) in [6, 6.07) is 0. The second-order valence-corrected chi connectivity index (χ2v) is 8.14.